The second-order valence-corrected chi connectivity index (χ2v) is 10.8. The van der Waals surface area contributed by atoms with E-state index in [2.05, 4.69) is 65.4 Å². The first kappa shape index (κ1) is 22.7. The van der Waals surface area contributed by atoms with Gasteiger partial charge < -0.3 is 4.90 Å². The Bertz CT molecular complexity index is 1090. The molecule has 2 aromatic carbocycles. The van der Waals surface area contributed by atoms with Gasteiger partial charge in [0, 0.05) is 19.0 Å². The van der Waals surface area contributed by atoms with Crippen molar-refractivity contribution in [2.24, 2.45) is 0 Å². The smallest absolute Gasteiger partial charge is 0.222 e. The predicted molar refractivity (Wildman–Crippen MR) is 130 cm³/mol. The molecule has 1 saturated heterocycles. The van der Waals surface area contributed by atoms with Crippen molar-refractivity contribution < 1.29 is 13.2 Å². The third-order valence-electron chi connectivity index (χ3n) is 6.53. The Labute approximate surface area is 191 Å². The highest BCUT2D eigenvalue weighted by Crippen LogP contribution is 2.29. The van der Waals surface area contributed by atoms with E-state index in [1.807, 2.05) is 4.90 Å². The SMILES string of the molecule is CCS(=O)(=O)NC1CCN2C(=O)CCCC/C=C/c3ccccc3-c3cccc(c3)CC12. The lowest BCUT2D eigenvalue weighted by Crippen LogP contribution is -2.48. The maximum absolute atomic E-state index is 13.0. The Balaban J connectivity index is 1.71. The molecule has 0 saturated carbocycles. The summed E-state index contributed by atoms with van der Waals surface area (Å²) in [6, 6.07) is 16.4. The molecule has 6 heteroatoms. The fourth-order valence-electron chi connectivity index (χ4n) is 4.77. The number of benzene rings is 2. The van der Waals surface area contributed by atoms with Crippen LogP contribution in [-0.2, 0) is 21.2 Å². The van der Waals surface area contributed by atoms with E-state index in [1.54, 1.807) is 6.92 Å². The summed E-state index contributed by atoms with van der Waals surface area (Å²) in [6.07, 6.45) is 8.90. The Morgan fingerprint density at radius 2 is 1.94 bits per heavy atom. The molecule has 2 aromatic rings. The van der Waals surface area contributed by atoms with Gasteiger partial charge in [-0.3, -0.25) is 4.79 Å². The van der Waals surface area contributed by atoms with Crippen molar-refractivity contribution >= 4 is 22.0 Å². The normalized spacial score (nSPS) is 23.0. The van der Waals surface area contributed by atoms with Crippen LogP contribution in [0.3, 0.4) is 0 Å². The molecule has 32 heavy (non-hydrogen) atoms. The third-order valence-corrected chi connectivity index (χ3v) is 7.95. The van der Waals surface area contributed by atoms with Gasteiger partial charge in [0.15, 0.2) is 0 Å². The Kier molecular flexibility index (Phi) is 7.11. The molecule has 0 aromatic heterocycles. The zero-order chi connectivity index (χ0) is 22.6. The van der Waals surface area contributed by atoms with Gasteiger partial charge in [-0.25, -0.2) is 13.1 Å². The molecule has 170 valence electrons. The number of hydrogen-bond acceptors (Lipinski definition) is 3. The number of carbonyl (C=O) groups is 1. The van der Waals surface area contributed by atoms with Gasteiger partial charge in [0.1, 0.15) is 0 Å². The van der Waals surface area contributed by atoms with Crippen LogP contribution in [0.5, 0.6) is 0 Å². The van der Waals surface area contributed by atoms with E-state index < -0.39 is 10.0 Å². The maximum Gasteiger partial charge on any atom is 0.222 e. The topological polar surface area (TPSA) is 66.5 Å². The lowest BCUT2D eigenvalue weighted by Gasteiger charge is -2.29. The molecule has 1 N–H and O–H groups in total. The fourth-order valence-corrected chi connectivity index (χ4v) is 5.67. The van der Waals surface area contributed by atoms with E-state index in [-0.39, 0.29) is 23.7 Å². The van der Waals surface area contributed by atoms with Gasteiger partial charge in [0.05, 0.1) is 11.8 Å². The van der Waals surface area contributed by atoms with Gasteiger partial charge in [0.25, 0.3) is 0 Å². The molecule has 2 bridgehead atoms. The summed E-state index contributed by atoms with van der Waals surface area (Å²) in [5, 5.41) is 0. The molecule has 5 nitrogen and oxygen atoms in total. The van der Waals surface area contributed by atoms with Crippen LogP contribution in [0.15, 0.2) is 54.6 Å². The lowest BCUT2D eigenvalue weighted by atomic mass is 9.94. The first-order valence-corrected chi connectivity index (χ1v) is 13.3. The number of nitrogens with one attached hydrogen (secondary N) is 1. The zero-order valence-corrected chi connectivity index (χ0v) is 19.5. The molecule has 0 radical (unpaired) electrons. The summed E-state index contributed by atoms with van der Waals surface area (Å²) >= 11 is 0. The molecule has 4 rings (SSSR count). The molecular formula is C26H32N2O3S. The largest absolute Gasteiger partial charge is 0.338 e. The van der Waals surface area contributed by atoms with Crippen LogP contribution in [0.4, 0.5) is 0 Å². The Morgan fingerprint density at radius 1 is 1.09 bits per heavy atom. The van der Waals surface area contributed by atoms with Crippen molar-refractivity contribution in [2.75, 3.05) is 12.3 Å². The monoisotopic (exact) mass is 452 g/mol. The number of hydrogen-bond donors (Lipinski definition) is 1. The van der Waals surface area contributed by atoms with E-state index in [0.29, 0.717) is 25.8 Å². The number of nitrogens with zero attached hydrogens (tertiary/aromatic N) is 1. The molecule has 1 amide bonds. The molecule has 0 aliphatic carbocycles. The van der Waals surface area contributed by atoms with Crippen LogP contribution >= 0.6 is 0 Å². The number of fused-ring (bicyclic) bond motifs is 5. The van der Waals surface area contributed by atoms with Crippen LogP contribution in [0.2, 0.25) is 0 Å². The second kappa shape index (κ2) is 10.0. The number of allylic oxidation sites excluding steroid dienone is 1. The molecule has 2 atom stereocenters. The van der Waals surface area contributed by atoms with E-state index in [0.717, 1.165) is 30.4 Å². The number of sulfonamides is 1. The number of rotatable bonds is 3. The van der Waals surface area contributed by atoms with Crippen molar-refractivity contribution in [3.63, 3.8) is 0 Å². The summed E-state index contributed by atoms with van der Waals surface area (Å²) in [6.45, 7) is 2.24. The van der Waals surface area contributed by atoms with Gasteiger partial charge in [-0.15, -0.1) is 0 Å². The van der Waals surface area contributed by atoms with Gasteiger partial charge in [-0.05, 0) is 61.3 Å². The van der Waals surface area contributed by atoms with Crippen molar-refractivity contribution in [2.45, 2.75) is 57.5 Å². The van der Waals surface area contributed by atoms with Crippen LogP contribution in [-0.4, -0.2) is 43.6 Å². The summed E-state index contributed by atoms with van der Waals surface area (Å²) in [5.74, 6) is 0.176. The molecule has 2 aliphatic rings. The average Bonchev–Trinajstić information content (AvgIpc) is 3.17. The Hall–Kier alpha value is -2.44. The Morgan fingerprint density at radius 3 is 2.78 bits per heavy atom. The van der Waals surface area contributed by atoms with Crippen molar-refractivity contribution in [3.8, 4) is 11.1 Å². The predicted octanol–water partition coefficient (Wildman–Crippen LogP) is 4.39. The minimum absolute atomic E-state index is 0.0451. The highest BCUT2D eigenvalue weighted by molar-refractivity contribution is 7.89. The summed E-state index contributed by atoms with van der Waals surface area (Å²) in [4.78, 5) is 15.0. The molecule has 0 spiro atoms. The van der Waals surface area contributed by atoms with Crippen LogP contribution in [0.1, 0.15) is 50.2 Å². The van der Waals surface area contributed by atoms with Crippen LogP contribution < -0.4 is 4.72 Å². The maximum atomic E-state index is 13.0. The van der Waals surface area contributed by atoms with E-state index in [4.69, 9.17) is 0 Å². The highest BCUT2D eigenvalue weighted by atomic mass is 32.2. The molecule has 2 unspecified atom stereocenters. The van der Waals surface area contributed by atoms with Crippen LogP contribution in [0, 0.1) is 0 Å². The van der Waals surface area contributed by atoms with Gasteiger partial charge in [-0.2, -0.15) is 0 Å². The number of amides is 1. The molecular weight excluding hydrogens is 420 g/mol. The number of carbonyl (C=O) groups excluding carboxylic acids is 1. The van der Waals surface area contributed by atoms with E-state index >= 15 is 0 Å². The summed E-state index contributed by atoms with van der Waals surface area (Å²) < 4.78 is 27.5. The minimum Gasteiger partial charge on any atom is -0.338 e. The van der Waals surface area contributed by atoms with Crippen molar-refractivity contribution in [1.29, 1.82) is 0 Å². The van der Waals surface area contributed by atoms with E-state index in [1.165, 1.54) is 11.1 Å². The quantitative estimate of drug-likeness (QED) is 0.751. The lowest BCUT2D eigenvalue weighted by molar-refractivity contribution is -0.132. The average molecular weight is 453 g/mol. The molecule has 2 aliphatic heterocycles. The molecule has 2 heterocycles. The van der Waals surface area contributed by atoms with Gasteiger partial charge in [-0.1, -0.05) is 60.7 Å². The van der Waals surface area contributed by atoms with Crippen molar-refractivity contribution in [3.05, 3.63) is 65.7 Å². The molecule has 1 fully saturated rings. The van der Waals surface area contributed by atoms with Crippen LogP contribution in [0.25, 0.3) is 17.2 Å². The summed E-state index contributed by atoms with van der Waals surface area (Å²) in [7, 11) is -3.34. The standard InChI is InChI=1S/C26H32N2O3S/c1-2-32(30,31)27-24-16-17-28-25(24)19-20-10-9-13-22(18-20)23-14-8-7-12-21(23)11-5-3-4-6-15-26(28)29/h5,7-14,18,24-25,27H,2-4,6,15-17,19H2,1H3/b11-5+. The summed E-state index contributed by atoms with van der Waals surface area (Å²) in [5.41, 5.74) is 4.62. The fraction of sp³-hybridized carbons (Fsp3) is 0.423. The first-order chi connectivity index (χ1) is 15.5. The minimum atomic E-state index is -3.34. The van der Waals surface area contributed by atoms with Crippen molar-refractivity contribution in [1.82, 2.24) is 9.62 Å². The second-order valence-electron chi connectivity index (χ2n) is 8.71. The van der Waals surface area contributed by atoms with Gasteiger partial charge in [0.2, 0.25) is 15.9 Å². The van der Waals surface area contributed by atoms with E-state index in [9.17, 15) is 13.2 Å². The zero-order valence-electron chi connectivity index (χ0n) is 18.7. The third kappa shape index (κ3) is 5.30. The first-order valence-electron chi connectivity index (χ1n) is 11.6. The highest BCUT2D eigenvalue weighted by Gasteiger charge is 2.38. The van der Waals surface area contributed by atoms with Gasteiger partial charge >= 0.3 is 0 Å².